The first kappa shape index (κ1) is 19.2. The molecule has 1 atom stereocenters. The number of carbonyl (C=O) groups excluding carboxylic acids is 2. The Hall–Kier alpha value is -2.15. The lowest BCUT2D eigenvalue weighted by atomic mass is 9.72. The van der Waals surface area contributed by atoms with Crippen LogP contribution in [0.1, 0.15) is 54.6 Å². The highest BCUT2D eigenvalue weighted by atomic mass is 16.5. The molecule has 0 radical (unpaired) electrons. The predicted molar refractivity (Wildman–Crippen MR) is 104 cm³/mol. The summed E-state index contributed by atoms with van der Waals surface area (Å²) in [5.74, 6) is 0.0324. The fourth-order valence-corrected chi connectivity index (χ4v) is 4.81. The van der Waals surface area contributed by atoms with Crippen molar-refractivity contribution in [3.05, 3.63) is 33.7 Å². The molecule has 7 heteroatoms. The topological polar surface area (TPSA) is 82.7 Å². The van der Waals surface area contributed by atoms with Gasteiger partial charge in [-0.15, -0.1) is 0 Å². The molecular weight excluding hydrogens is 358 g/mol. The van der Waals surface area contributed by atoms with Gasteiger partial charge in [0, 0.05) is 57.2 Å². The second-order valence-corrected chi connectivity index (χ2v) is 8.60. The second kappa shape index (κ2) is 7.70. The van der Waals surface area contributed by atoms with Crippen LogP contribution in [-0.4, -0.2) is 65.5 Å². The van der Waals surface area contributed by atoms with Crippen molar-refractivity contribution in [1.29, 1.82) is 0 Å². The molecule has 3 aliphatic rings. The molecule has 2 amide bonds. The van der Waals surface area contributed by atoms with E-state index in [1.165, 1.54) is 12.3 Å². The molecule has 7 nitrogen and oxygen atoms in total. The van der Waals surface area contributed by atoms with Crippen molar-refractivity contribution in [2.75, 3.05) is 32.8 Å². The third kappa shape index (κ3) is 3.85. The number of pyridine rings is 1. The number of aromatic nitrogens is 1. The zero-order chi connectivity index (χ0) is 19.7. The average molecular weight is 387 g/mol. The summed E-state index contributed by atoms with van der Waals surface area (Å²) in [6.45, 7) is 5.32. The van der Waals surface area contributed by atoms with E-state index in [2.05, 4.69) is 4.98 Å². The zero-order valence-corrected chi connectivity index (χ0v) is 16.5. The van der Waals surface area contributed by atoms with Crippen LogP contribution in [0.2, 0.25) is 0 Å². The molecule has 28 heavy (non-hydrogen) atoms. The lowest BCUT2D eigenvalue weighted by Crippen LogP contribution is -2.53. The third-order valence-corrected chi connectivity index (χ3v) is 6.60. The lowest BCUT2D eigenvalue weighted by Gasteiger charge is -2.47. The minimum absolute atomic E-state index is 0.0863. The van der Waals surface area contributed by atoms with E-state index in [1.807, 2.05) is 4.90 Å². The van der Waals surface area contributed by atoms with Crippen LogP contribution in [0.15, 0.2) is 17.1 Å². The number of likely N-dealkylation sites (tertiary alicyclic amines) is 2. The van der Waals surface area contributed by atoms with Crippen LogP contribution in [0.5, 0.6) is 0 Å². The number of aromatic amines is 1. The van der Waals surface area contributed by atoms with E-state index in [0.717, 1.165) is 50.9 Å². The van der Waals surface area contributed by atoms with E-state index in [9.17, 15) is 14.4 Å². The van der Waals surface area contributed by atoms with E-state index >= 15 is 0 Å². The Labute approximate surface area is 165 Å². The minimum atomic E-state index is -0.229. The smallest absolute Gasteiger partial charge is 0.259 e. The Morgan fingerprint density at radius 2 is 2.07 bits per heavy atom. The standard InChI is InChI=1S/C21H29N3O4/c1-15-11-18(25)17(12-22-15)20(27)23-8-6-21(7-9-23)5-4-19(26)24(14-21)13-16-3-2-10-28-16/h11-12,16H,2-10,13-14H2,1H3,(H,22,25). The van der Waals surface area contributed by atoms with Crippen LogP contribution in [-0.2, 0) is 9.53 Å². The number of carbonyl (C=O) groups is 2. The minimum Gasteiger partial charge on any atom is -0.376 e. The van der Waals surface area contributed by atoms with Gasteiger partial charge in [0.25, 0.3) is 5.91 Å². The highest BCUT2D eigenvalue weighted by Gasteiger charge is 2.42. The number of hydrogen-bond acceptors (Lipinski definition) is 4. The van der Waals surface area contributed by atoms with Crippen LogP contribution in [0.25, 0.3) is 0 Å². The number of ether oxygens (including phenoxy) is 1. The fraction of sp³-hybridized carbons (Fsp3) is 0.667. The van der Waals surface area contributed by atoms with Crippen LogP contribution >= 0.6 is 0 Å². The summed E-state index contributed by atoms with van der Waals surface area (Å²) in [5.41, 5.74) is 0.813. The van der Waals surface area contributed by atoms with Crippen molar-refractivity contribution >= 4 is 11.8 Å². The summed E-state index contributed by atoms with van der Waals surface area (Å²) in [7, 11) is 0. The summed E-state index contributed by atoms with van der Waals surface area (Å²) in [6.07, 6.45) is 7.02. The normalized spacial score (nSPS) is 24.8. The van der Waals surface area contributed by atoms with Crippen LogP contribution in [0.3, 0.4) is 0 Å². The molecule has 3 aliphatic heterocycles. The Bertz CT molecular complexity index is 804. The summed E-state index contributed by atoms with van der Waals surface area (Å²) in [4.78, 5) is 44.0. The molecule has 0 bridgehead atoms. The first-order valence-corrected chi connectivity index (χ1v) is 10.3. The average Bonchev–Trinajstić information content (AvgIpc) is 3.18. The summed E-state index contributed by atoms with van der Waals surface area (Å²) in [6, 6.07) is 1.47. The first-order chi connectivity index (χ1) is 13.5. The van der Waals surface area contributed by atoms with E-state index in [4.69, 9.17) is 4.74 Å². The zero-order valence-electron chi connectivity index (χ0n) is 16.5. The third-order valence-electron chi connectivity index (χ3n) is 6.60. The maximum atomic E-state index is 12.8. The number of hydrogen-bond donors (Lipinski definition) is 1. The van der Waals surface area contributed by atoms with Gasteiger partial charge in [-0.1, -0.05) is 0 Å². The quantitative estimate of drug-likeness (QED) is 0.856. The van der Waals surface area contributed by atoms with Gasteiger partial charge in [0.15, 0.2) is 5.43 Å². The van der Waals surface area contributed by atoms with Crippen LogP contribution in [0.4, 0.5) is 0 Å². The van der Waals surface area contributed by atoms with Gasteiger partial charge in [-0.3, -0.25) is 14.4 Å². The SMILES string of the molecule is Cc1cc(=O)c(C(=O)N2CCC3(CCC(=O)N(CC4CCCO4)C3)CC2)c[nH]1. The maximum absolute atomic E-state index is 12.8. The second-order valence-electron chi connectivity index (χ2n) is 8.60. The van der Waals surface area contributed by atoms with Crippen molar-refractivity contribution in [1.82, 2.24) is 14.8 Å². The van der Waals surface area contributed by atoms with Crippen molar-refractivity contribution in [2.24, 2.45) is 5.41 Å². The molecule has 152 valence electrons. The van der Waals surface area contributed by atoms with E-state index in [-0.39, 0.29) is 34.3 Å². The van der Waals surface area contributed by atoms with E-state index in [0.29, 0.717) is 26.1 Å². The maximum Gasteiger partial charge on any atom is 0.259 e. The monoisotopic (exact) mass is 387 g/mol. The van der Waals surface area contributed by atoms with Crippen molar-refractivity contribution < 1.29 is 14.3 Å². The number of piperidine rings is 2. The summed E-state index contributed by atoms with van der Waals surface area (Å²) >= 11 is 0. The molecule has 1 spiro atoms. The Balaban J connectivity index is 1.39. The highest BCUT2D eigenvalue weighted by Crippen LogP contribution is 2.40. The van der Waals surface area contributed by atoms with Gasteiger partial charge in [0.05, 0.1) is 6.10 Å². The molecule has 3 saturated heterocycles. The van der Waals surface area contributed by atoms with E-state index in [1.54, 1.807) is 11.8 Å². The molecule has 1 aromatic rings. The number of nitrogens with zero attached hydrogens (tertiary/aromatic N) is 2. The first-order valence-electron chi connectivity index (χ1n) is 10.3. The number of H-pyrrole nitrogens is 1. The Kier molecular flexibility index (Phi) is 5.27. The number of nitrogens with one attached hydrogen (secondary N) is 1. The van der Waals surface area contributed by atoms with Crippen molar-refractivity contribution in [3.63, 3.8) is 0 Å². The predicted octanol–water partition coefficient (Wildman–Crippen LogP) is 1.71. The van der Waals surface area contributed by atoms with Crippen LogP contribution < -0.4 is 5.43 Å². The summed E-state index contributed by atoms with van der Waals surface area (Å²) < 4.78 is 5.72. The largest absolute Gasteiger partial charge is 0.376 e. The number of amides is 2. The van der Waals surface area contributed by atoms with Gasteiger partial charge in [-0.2, -0.15) is 0 Å². The number of rotatable bonds is 3. The molecule has 4 rings (SSSR count). The van der Waals surface area contributed by atoms with Crippen molar-refractivity contribution in [2.45, 2.75) is 51.6 Å². The van der Waals surface area contributed by atoms with Gasteiger partial charge in [-0.05, 0) is 44.4 Å². The van der Waals surface area contributed by atoms with Crippen LogP contribution in [0, 0.1) is 12.3 Å². The van der Waals surface area contributed by atoms with Crippen molar-refractivity contribution in [3.8, 4) is 0 Å². The molecule has 4 heterocycles. The van der Waals surface area contributed by atoms with E-state index < -0.39 is 0 Å². The number of aryl methyl sites for hydroxylation is 1. The molecule has 0 saturated carbocycles. The molecule has 0 aromatic carbocycles. The van der Waals surface area contributed by atoms with Gasteiger partial charge in [0.2, 0.25) is 5.91 Å². The van der Waals surface area contributed by atoms with Gasteiger partial charge in [-0.25, -0.2) is 0 Å². The fourth-order valence-electron chi connectivity index (χ4n) is 4.81. The molecular formula is C21H29N3O4. The molecule has 1 aromatic heterocycles. The molecule has 1 unspecified atom stereocenters. The van der Waals surface area contributed by atoms with Gasteiger partial charge < -0.3 is 19.5 Å². The molecule has 1 N–H and O–H groups in total. The van der Waals surface area contributed by atoms with Gasteiger partial charge in [0.1, 0.15) is 5.56 Å². The molecule has 0 aliphatic carbocycles. The molecule has 3 fully saturated rings. The Morgan fingerprint density at radius 3 is 2.75 bits per heavy atom. The summed E-state index contributed by atoms with van der Waals surface area (Å²) in [5, 5.41) is 0. The Morgan fingerprint density at radius 1 is 1.29 bits per heavy atom. The lowest BCUT2D eigenvalue weighted by molar-refractivity contribution is -0.141. The van der Waals surface area contributed by atoms with Gasteiger partial charge >= 0.3 is 0 Å². The highest BCUT2D eigenvalue weighted by molar-refractivity contribution is 5.93.